The summed E-state index contributed by atoms with van der Waals surface area (Å²) in [5.74, 6) is -3.46. The Balaban J connectivity index is 2.45. The van der Waals surface area contributed by atoms with E-state index in [-0.39, 0.29) is 47.6 Å². The van der Waals surface area contributed by atoms with Gasteiger partial charge in [0.25, 0.3) is 0 Å². The van der Waals surface area contributed by atoms with Crippen molar-refractivity contribution < 1.29 is 38.6 Å². The number of esters is 2. The highest BCUT2D eigenvalue weighted by atomic mass is 32.1. The van der Waals surface area contributed by atoms with E-state index in [9.17, 15) is 29.1 Å². The fraction of sp³-hybridized carbons (Fsp3) is 0.714. The standard InChI is InChI=1S/C28H44N4O8S/c1-8-17(4)24(30-25(35)21-11-9-10-12-31(21)7)27(36)32(15-39-18(5)33)22(16(2)3)13-23(40-19(6)34)26-29-20(14-41-26)28(37)38/h14,16-17,21-24H,8-13,15H2,1-7H3,(H,30,35)(H,37,38)/t17-,21+,22+,23+,24-/m0/s1. The Kier molecular flexibility index (Phi) is 13.2. The molecule has 0 spiro atoms. The first-order valence-electron chi connectivity index (χ1n) is 14.1. The van der Waals surface area contributed by atoms with E-state index < -0.39 is 42.0 Å². The molecule has 2 amide bonds. The van der Waals surface area contributed by atoms with E-state index in [1.54, 1.807) is 0 Å². The van der Waals surface area contributed by atoms with E-state index in [0.717, 1.165) is 30.7 Å². The molecule has 1 aliphatic rings. The van der Waals surface area contributed by atoms with Gasteiger partial charge in [-0.1, -0.05) is 40.5 Å². The lowest BCUT2D eigenvalue weighted by molar-refractivity contribution is -0.159. The fourth-order valence-electron chi connectivity index (χ4n) is 4.91. The smallest absolute Gasteiger partial charge is 0.355 e. The van der Waals surface area contributed by atoms with Crippen LogP contribution in [0.5, 0.6) is 0 Å². The largest absolute Gasteiger partial charge is 0.476 e. The number of carbonyl (C=O) groups excluding carboxylic acids is 4. The highest BCUT2D eigenvalue weighted by Crippen LogP contribution is 2.31. The maximum atomic E-state index is 14.2. The van der Waals surface area contributed by atoms with Gasteiger partial charge in [0.1, 0.15) is 11.0 Å². The molecule has 41 heavy (non-hydrogen) atoms. The van der Waals surface area contributed by atoms with Gasteiger partial charge in [-0.25, -0.2) is 9.78 Å². The molecule has 0 saturated carbocycles. The summed E-state index contributed by atoms with van der Waals surface area (Å²) in [6, 6.07) is -1.85. The van der Waals surface area contributed by atoms with Crippen LogP contribution in [0.25, 0.3) is 0 Å². The zero-order valence-corrected chi connectivity index (χ0v) is 25.9. The van der Waals surface area contributed by atoms with E-state index in [0.29, 0.717) is 12.8 Å². The van der Waals surface area contributed by atoms with Crippen LogP contribution in [-0.2, 0) is 28.7 Å². The number of nitrogens with one attached hydrogen (secondary N) is 1. The average molecular weight is 597 g/mol. The molecule has 0 aliphatic carbocycles. The second-order valence-electron chi connectivity index (χ2n) is 11.0. The molecule has 13 heteroatoms. The molecule has 0 unspecified atom stereocenters. The quantitative estimate of drug-likeness (QED) is 0.242. The number of piperidine rings is 1. The minimum atomic E-state index is -1.21. The first-order valence-corrected chi connectivity index (χ1v) is 14.9. The van der Waals surface area contributed by atoms with E-state index in [1.165, 1.54) is 24.1 Å². The normalized spacial score (nSPS) is 18.6. The lowest BCUT2D eigenvalue weighted by atomic mass is 9.92. The van der Waals surface area contributed by atoms with E-state index in [2.05, 4.69) is 10.3 Å². The molecule has 5 atom stereocenters. The lowest BCUT2D eigenvalue weighted by Gasteiger charge is -2.39. The van der Waals surface area contributed by atoms with Crippen LogP contribution in [0.4, 0.5) is 0 Å². The van der Waals surface area contributed by atoms with Gasteiger partial charge in [0, 0.05) is 31.7 Å². The lowest BCUT2D eigenvalue weighted by Crippen LogP contribution is -2.59. The predicted octanol–water partition coefficient (Wildman–Crippen LogP) is 3.22. The Hall–Kier alpha value is -3.06. The van der Waals surface area contributed by atoms with Gasteiger partial charge in [0.15, 0.2) is 18.5 Å². The predicted molar refractivity (Wildman–Crippen MR) is 152 cm³/mol. The van der Waals surface area contributed by atoms with Gasteiger partial charge < -0.3 is 24.8 Å². The van der Waals surface area contributed by atoms with Gasteiger partial charge in [0.05, 0.1) is 6.04 Å². The molecule has 1 fully saturated rings. The minimum Gasteiger partial charge on any atom is -0.476 e. The highest BCUT2D eigenvalue weighted by Gasteiger charge is 2.39. The summed E-state index contributed by atoms with van der Waals surface area (Å²) in [7, 11) is 1.90. The number of carboxylic acids is 1. The first-order chi connectivity index (χ1) is 19.3. The van der Waals surface area contributed by atoms with Gasteiger partial charge >= 0.3 is 17.9 Å². The zero-order valence-electron chi connectivity index (χ0n) is 25.0. The Bertz CT molecular complexity index is 1080. The monoisotopic (exact) mass is 596 g/mol. The number of carbonyl (C=O) groups is 5. The van der Waals surface area contributed by atoms with Gasteiger partial charge in [-0.05, 0) is 38.3 Å². The Morgan fingerprint density at radius 1 is 1.17 bits per heavy atom. The summed E-state index contributed by atoms with van der Waals surface area (Å²) in [5, 5.41) is 14.0. The van der Waals surface area contributed by atoms with Crippen molar-refractivity contribution in [2.75, 3.05) is 20.3 Å². The summed E-state index contributed by atoms with van der Waals surface area (Å²) in [6.07, 6.45) is 2.37. The molecule has 0 aromatic carbocycles. The molecule has 1 aromatic heterocycles. The van der Waals surface area contributed by atoms with E-state index >= 15 is 0 Å². The number of carboxylic acid groups (broad SMARTS) is 1. The minimum absolute atomic E-state index is 0.0728. The number of likely N-dealkylation sites (N-methyl/N-ethyl adjacent to an activating group) is 1. The average Bonchev–Trinajstić information content (AvgIpc) is 3.40. The third-order valence-corrected chi connectivity index (χ3v) is 8.43. The zero-order chi connectivity index (χ0) is 30.9. The second-order valence-corrected chi connectivity index (χ2v) is 11.8. The topological polar surface area (TPSA) is 155 Å². The van der Waals surface area contributed by atoms with E-state index in [1.807, 2.05) is 39.6 Å². The number of nitrogens with zero attached hydrogens (tertiary/aromatic N) is 3. The number of likely N-dealkylation sites (tertiary alicyclic amines) is 1. The third kappa shape index (κ3) is 9.77. The van der Waals surface area contributed by atoms with Gasteiger partial charge in [-0.3, -0.25) is 24.1 Å². The van der Waals surface area contributed by atoms with Crippen molar-refractivity contribution in [3.05, 3.63) is 16.1 Å². The SMILES string of the molecule is CC[C@H](C)[C@H](NC(=O)[C@H]1CCCCN1C)C(=O)N(COC(C)=O)[C@H](C[C@@H](OC(C)=O)c1nc(C(=O)O)cs1)C(C)C. The molecule has 1 aromatic rings. The number of rotatable bonds is 14. The van der Waals surface area contributed by atoms with Crippen LogP contribution in [0.1, 0.15) is 95.2 Å². The Labute approximate surface area is 245 Å². The summed E-state index contributed by atoms with van der Waals surface area (Å²) in [4.78, 5) is 70.4. The number of aromatic carboxylic acids is 1. The van der Waals surface area contributed by atoms with Crippen LogP contribution in [0.2, 0.25) is 0 Å². The van der Waals surface area contributed by atoms with Crippen molar-refractivity contribution in [3.8, 4) is 0 Å². The number of aromatic nitrogens is 1. The summed E-state index contributed by atoms with van der Waals surface area (Å²) in [5.41, 5.74) is -0.177. The van der Waals surface area contributed by atoms with Crippen LogP contribution < -0.4 is 5.32 Å². The van der Waals surface area contributed by atoms with Crippen molar-refractivity contribution in [1.82, 2.24) is 20.1 Å². The highest BCUT2D eigenvalue weighted by molar-refractivity contribution is 7.09. The molecule has 2 rings (SSSR count). The number of ether oxygens (including phenoxy) is 2. The van der Waals surface area contributed by atoms with Crippen LogP contribution in [0.3, 0.4) is 0 Å². The van der Waals surface area contributed by atoms with Gasteiger partial charge in [-0.15, -0.1) is 11.3 Å². The molecule has 2 heterocycles. The van der Waals surface area contributed by atoms with Crippen molar-refractivity contribution in [3.63, 3.8) is 0 Å². The summed E-state index contributed by atoms with van der Waals surface area (Å²) in [6.45, 7) is 10.5. The molecule has 12 nitrogen and oxygen atoms in total. The second kappa shape index (κ2) is 15.8. The van der Waals surface area contributed by atoms with Crippen LogP contribution in [0.15, 0.2) is 5.38 Å². The fourth-order valence-corrected chi connectivity index (χ4v) is 5.75. The molecular weight excluding hydrogens is 552 g/mol. The number of hydrogen-bond acceptors (Lipinski definition) is 10. The number of thiazole rings is 1. The number of hydrogen-bond donors (Lipinski definition) is 2. The van der Waals surface area contributed by atoms with Crippen molar-refractivity contribution in [2.45, 2.75) is 97.9 Å². The summed E-state index contributed by atoms with van der Waals surface area (Å²) < 4.78 is 10.9. The van der Waals surface area contributed by atoms with E-state index in [4.69, 9.17) is 9.47 Å². The molecular formula is C28H44N4O8S. The van der Waals surface area contributed by atoms with Gasteiger partial charge in [0.2, 0.25) is 11.8 Å². The maximum Gasteiger partial charge on any atom is 0.355 e. The maximum absolute atomic E-state index is 14.2. The van der Waals surface area contributed by atoms with Crippen molar-refractivity contribution >= 4 is 41.1 Å². The van der Waals surface area contributed by atoms with Crippen LogP contribution in [-0.4, -0.2) is 88.1 Å². The summed E-state index contributed by atoms with van der Waals surface area (Å²) >= 11 is 1.04. The molecule has 1 saturated heterocycles. The third-order valence-electron chi connectivity index (χ3n) is 7.49. The first kappa shape index (κ1) is 34.1. The molecule has 2 N–H and O–H groups in total. The van der Waals surface area contributed by atoms with Crippen LogP contribution in [0, 0.1) is 11.8 Å². The molecule has 0 bridgehead atoms. The molecule has 1 aliphatic heterocycles. The number of amides is 2. The van der Waals surface area contributed by atoms with Crippen molar-refractivity contribution in [2.24, 2.45) is 11.8 Å². The van der Waals surface area contributed by atoms with Crippen LogP contribution >= 0.6 is 11.3 Å². The molecule has 230 valence electrons. The van der Waals surface area contributed by atoms with Crippen molar-refractivity contribution in [1.29, 1.82) is 0 Å². The Morgan fingerprint density at radius 3 is 2.37 bits per heavy atom. The molecule has 0 radical (unpaired) electrons. The van der Waals surface area contributed by atoms with Gasteiger partial charge in [-0.2, -0.15) is 0 Å². The Morgan fingerprint density at radius 2 is 1.85 bits per heavy atom.